The van der Waals surface area contributed by atoms with Gasteiger partial charge in [-0.05, 0) is 24.7 Å². The van der Waals surface area contributed by atoms with Crippen LogP contribution in [0.15, 0.2) is 28.8 Å². The van der Waals surface area contributed by atoms with E-state index in [0.717, 1.165) is 50.5 Å². The summed E-state index contributed by atoms with van der Waals surface area (Å²) in [6, 6.07) is 8.09. The molecule has 0 amide bonds. The Morgan fingerprint density at radius 1 is 1.08 bits per heavy atom. The van der Waals surface area contributed by atoms with Gasteiger partial charge in [-0.2, -0.15) is 4.98 Å². The number of ether oxygens (including phenoxy) is 1. The molecule has 26 heavy (non-hydrogen) atoms. The van der Waals surface area contributed by atoms with Gasteiger partial charge in [0.05, 0.1) is 19.8 Å². The van der Waals surface area contributed by atoms with Crippen LogP contribution in [0.1, 0.15) is 11.5 Å². The molecular formula is C18H23N5O2S. The first-order valence-corrected chi connectivity index (χ1v) is 9.35. The van der Waals surface area contributed by atoms with E-state index in [9.17, 15) is 0 Å². The van der Waals surface area contributed by atoms with Crippen LogP contribution in [0.25, 0.3) is 11.4 Å². The van der Waals surface area contributed by atoms with Crippen molar-refractivity contribution in [1.82, 2.24) is 24.8 Å². The van der Waals surface area contributed by atoms with Gasteiger partial charge in [-0.25, -0.2) is 0 Å². The minimum Gasteiger partial charge on any atom is -0.469 e. The van der Waals surface area contributed by atoms with E-state index in [1.54, 1.807) is 0 Å². The highest BCUT2D eigenvalue weighted by Crippen LogP contribution is 2.20. The van der Waals surface area contributed by atoms with Crippen LogP contribution in [0, 0.1) is 6.92 Å². The number of aromatic nitrogens is 2. The average Bonchev–Trinajstić information content (AvgIpc) is 3.27. The van der Waals surface area contributed by atoms with Crippen LogP contribution in [0.4, 0.5) is 0 Å². The van der Waals surface area contributed by atoms with E-state index in [2.05, 4.69) is 37.8 Å². The summed E-state index contributed by atoms with van der Waals surface area (Å²) in [7, 11) is 0. The zero-order valence-electron chi connectivity index (χ0n) is 14.9. The molecule has 0 radical (unpaired) electrons. The van der Waals surface area contributed by atoms with Crippen LogP contribution in [-0.2, 0) is 11.3 Å². The number of piperazine rings is 1. The fraction of sp³-hybridized carbons (Fsp3) is 0.500. The third kappa shape index (κ3) is 3.87. The first-order chi connectivity index (χ1) is 12.7. The number of hydrogen-bond acceptors (Lipinski definition) is 7. The number of nitrogens with zero attached hydrogens (tertiary/aromatic N) is 5. The second kappa shape index (κ2) is 7.69. The Morgan fingerprint density at radius 3 is 2.58 bits per heavy atom. The Hall–Kier alpha value is -2.03. The van der Waals surface area contributed by atoms with Crippen molar-refractivity contribution in [3.8, 4) is 11.4 Å². The highest BCUT2D eigenvalue weighted by molar-refractivity contribution is 7.80. The Labute approximate surface area is 158 Å². The number of benzene rings is 1. The Morgan fingerprint density at radius 2 is 1.85 bits per heavy atom. The second-order valence-electron chi connectivity index (χ2n) is 6.74. The van der Waals surface area contributed by atoms with Gasteiger partial charge in [0.2, 0.25) is 11.7 Å². The summed E-state index contributed by atoms with van der Waals surface area (Å²) in [6.07, 6.45) is 0. The lowest BCUT2D eigenvalue weighted by Gasteiger charge is -2.35. The van der Waals surface area contributed by atoms with Crippen molar-refractivity contribution in [2.45, 2.75) is 13.5 Å². The van der Waals surface area contributed by atoms with E-state index in [0.29, 0.717) is 30.0 Å². The second-order valence-corrected chi connectivity index (χ2v) is 7.09. The number of thiocarbonyl (C=S) groups is 1. The highest BCUT2D eigenvalue weighted by atomic mass is 32.1. The summed E-state index contributed by atoms with van der Waals surface area (Å²) in [6.45, 7) is 9.15. The quantitative estimate of drug-likeness (QED) is 0.735. The molecule has 138 valence electrons. The SMILES string of the molecule is Cc1ccccc1-c1noc(CN2CCN(CN3CCOC3=S)CC2)n1. The molecule has 1 aromatic carbocycles. The van der Waals surface area contributed by atoms with Crippen LogP contribution in [0.5, 0.6) is 0 Å². The van der Waals surface area contributed by atoms with E-state index in [1.165, 1.54) is 0 Å². The van der Waals surface area contributed by atoms with Crippen LogP contribution < -0.4 is 0 Å². The monoisotopic (exact) mass is 373 g/mol. The molecule has 3 heterocycles. The normalized spacial score (nSPS) is 19.1. The molecular weight excluding hydrogens is 350 g/mol. The summed E-state index contributed by atoms with van der Waals surface area (Å²) in [5.74, 6) is 1.34. The largest absolute Gasteiger partial charge is 0.469 e. The third-order valence-corrected chi connectivity index (χ3v) is 5.27. The molecule has 2 fully saturated rings. The zero-order chi connectivity index (χ0) is 17.9. The fourth-order valence-electron chi connectivity index (χ4n) is 3.33. The van der Waals surface area contributed by atoms with Crippen molar-refractivity contribution in [2.24, 2.45) is 0 Å². The predicted molar refractivity (Wildman–Crippen MR) is 101 cm³/mol. The van der Waals surface area contributed by atoms with E-state index in [1.807, 2.05) is 18.2 Å². The molecule has 1 aromatic heterocycles. The van der Waals surface area contributed by atoms with Gasteiger partial charge in [0, 0.05) is 31.7 Å². The average molecular weight is 373 g/mol. The minimum absolute atomic E-state index is 0.627. The van der Waals surface area contributed by atoms with Crippen LogP contribution in [0.2, 0.25) is 0 Å². The maximum Gasteiger partial charge on any atom is 0.260 e. The highest BCUT2D eigenvalue weighted by Gasteiger charge is 2.24. The van der Waals surface area contributed by atoms with Crippen LogP contribution in [0.3, 0.4) is 0 Å². The molecule has 0 bridgehead atoms. The minimum atomic E-state index is 0.627. The molecule has 0 atom stereocenters. The van der Waals surface area contributed by atoms with Crippen molar-refractivity contribution >= 4 is 17.4 Å². The Kier molecular flexibility index (Phi) is 5.14. The fourth-order valence-corrected chi connectivity index (χ4v) is 3.56. The lowest BCUT2D eigenvalue weighted by Crippen LogP contribution is -2.49. The summed E-state index contributed by atoms with van der Waals surface area (Å²) in [5, 5.41) is 4.77. The summed E-state index contributed by atoms with van der Waals surface area (Å²) in [4.78, 5) is 11.5. The molecule has 2 aromatic rings. The number of aryl methyl sites for hydroxylation is 1. The van der Waals surface area contributed by atoms with Crippen molar-refractivity contribution < 1.29 is 9.26 Å². The smallest absolute Gasteiger partial charge is 0.260 e. The maximum absolute atomic E-state index is 5.47. The first-order valence-electron chi connectivity index (χ1n) is 8.94. The van der Waals surface area contributed by atoms with Crippen molar-refractivity contribution in [2.75, 3.05) is 46.0 Å². The van der Waals surface area contributed by atoms with Gasteiger partial charge in [-0.1, -0.05) is 29.4 Å². The van der Waals surface area contributed by atoms with Gasteiger partial charge in [-0.15, -0.1) is 0 Å². The molecule has 0 aliphatic carbocycles. The van der Waals surface area contributed by atoms with E-state index in [4.69, 9.17) is 21.5 Å². The van der Waals surface area contributed by atoms with Gasteiger partial charge in [0.25, 0.3) is 5.17 Å². The Bertz CT molecular complexity index is 772. The molecule has 0 unspecified atom stereocenters. The summed E-state index contributed by atoms with van der Waals surface area (Å²) >= 11 is 5.21. The molecule has 7 nitrogen and oxygen atoms in total. The first kappa shape index (κ1) is 17.4. The van der Waals surface area contributed by atoms with Crippen LogP contribution in [-0.4, -0.2) is 76.0 Å². The topological polar surface area (TPSA) is 57.9 Å². The number of rotatable bonds is 5. The Balaban J connectivity index is 1.30. The standard InChI is InChI=1S/C18H23N5O2S/c1-14-4-2-3-5-15(14)17-19-16(25-20-17)12-21-6-8-22(9-7-21)13-23-10-11-24-18(23)26/h2-5H,6-13H2,1H3. The van der Waals surface area contributed by atoms with Crippen LogP contribution >= 0.6 is 12.2 Å². The molecule has 2 aliphatic heterocycles. The molecule has 0 saturated carbocycles. The van der Waals surface area contributed by atoms with Crippen molar-refractivity contribution in [3.05, 3.63) is 35.7 Å². The van der Waals surface area contributed by atoms with E-state index < -0.39 is 0 Å². The zero-order valence-corrected chi connectivity index (χ0v) is 15.7. The number of hydrogen-bond donors (Lipinski definition) is 0. The predicted octanol–water partition coefficient (Wildman–Crippen LogP) is 1.74. The molecule has 0 N–H and O–H groups in total. The van der Waals surface area contributed by atoms with Gasteiger partial charge < -0.3 is 14.2 Å². The van der Waals surface area contributed by atoms with Crippen molar-refractivity contribution in [1.29, 1.82) is 0 Å². The third-order valence-electron chi connectivity index (χ3n) is 4.89. The maximum atomic E-state index is 5.47. The van der Waals surface area contributed by atoms with E-state index in [-0.39, 0.29) is 0 Å². The lowest BCUT2D eigenvalue weighted by molar-refractivity contribution is 0.0915. The molecule has 0 spiro atoms. The summed E-state index contributed by atoms with van der Waals surface area (Å²) < 4.78 is 10.8. The molecule has 2 saturated heterocycles. The molecule has 8 heteroatoms. The van der Waals surface area contributed by atoms with Gasteiger partial charge in [-0.3, -0.25) is 9.80 Å². The summed E-state index contributed by atoms with van der Waals surface area (Å²) in [5.41, 5.74) is 2.17. The van der Waals surface area contributed by atoms with Gasteiger partial charge >= 0.3 is 0 Å². The van der Waals surface area contributed by atoms with Crippen molar-refractivity contribution in [3.63, 3.8) is 0 Å². The lowest BCUT2D eigenvalue weighted by atomic mass is 10.1. The molecule has 2 aliphatic rings. The van der Waals surface area contributed by atoms with Gasteiger partial charge in [0.15, 0.2) is 0 Å². The van der Waals surface area contributed by atoms with Gasteiger partial charge in [0.1, 0.15) is 6.61 Å². The molecule has 4 rings (SSSR count). The van der Waals surface area contributed by atoms with E-state index >= 15 is 0 Å².